The van der Waals surface area contributed by atoms with Gasteiger partial charge in [-0.25, -0.2) is 9.18 Å². The Kier molecular flexibility index (Phi) is 4.86. The van der Waals surface area contributed by atoms with E-state index in [1.54, 1.807) is 24.3 Å². The Hall–Kier alpha value is -2.62. The number of amides is 1. The zero-order valence-electron chi connectivity index (χ0n) is 14.1. The molecule has 0 radical (unpaired) electrons. The topological polar surface area (TPSA) is 114 Å². The summed E-state index contributed by atoms with van der Waals surface area (Å²) < 4.78 is 20.3. The number of hydrogen-bond donors (Lipinski definition) is 3. The first-order chi connectivity index (χ1) is 12.3. The predicted molar refractivity (Wildman–Crippen MR) is 89.2 cm³/mol. The lowest BCUT2D eigenvalue weighted by molar-refractivity contribution is -0.0355. The number of hydrogen-bond acceptors (Lipinski definition) is 6. The van der Waals surface area contributed by atoms with Gasteiger partial charge in [-0.3, -0.25) is 9.36 Å². The third kappa shape index (κ3) is 3.36. The van der Waals surface area contributed by atoms with Crippen molar-refractivity contribution in [2.24, 2.45) is 0 Å². The summed E-state index contributed by atoms with van der Waals surface area (Å²) in [6, 6.07) is 6.58. The Labute approximate surface area is 147 Å². The third-order valence-corrected chi connectivity index (χ3v) is 4.20. The van der Waals surface area contributed by atoms with Crippen LogP contribution in [0.1, 0.15) is 29.1 Å². The molecule has 26 heavy (non-hydrogen) atoms. The zero-order valence-corrected chi connectivity index (χ0v) is 14.1. The molecule has 1 aliphatic rings. The predicted octanol–water partition coefficient (Wildman–Crippen LogP) is 0.582. The van der Waals surface area contributed by atoms with Crippen LogP contribution in [0.2, 0.25) is 0 Å². The number of aliphatic hydroxyl groups is 2. The van der Waals surface area contributed by atoms with Gasteiger partial charge in [-0.15, -0.1) is 0 Å². The van der Waals surface area contributed by atoms with Crippen molar-refractivity contribution < 1.29 is 24.1 Å². The Balaban J connectivity index is 1.85. The molecule has 0 unspecified atom stereocenters. The molecule has 8 nitrogen and oxygen atoms in total. The average Bonchev–Trinajstić information content (AvgIpc) is 2.85. The second-order valence-corrected chi connectivity index (χ2v) is 6.16. The summed E-state index contributed by atoms with van der Waals surface area (Å²) in [6.07, 6.45) is -3.84. The second-order valence-electron chi connectivity index (χ2n) is 6.16. The lowest BCUT2D eigenvalue weighted by Gasteiger charge is -2.17. The molecule has 0 aliphatic carbocycles. The summed E-state index contributed by atoms with van der Waals surface area (Å²) in [5, 5.41) is 21.9. The van der Waals surface area contributed by atoms with Crippen LogP contribution >= 0.6 is 0 Å². The number of nitrogens with zero attached hydrogens (tertiary/aromatic N) is 2. The van der Waals surface area contributed by atoms with Crippen LogP contribution < -0.4 is 11.0 Å². The Morgan fingerprint density at radius 1 is 1.27 bits per heavy atom. The second kappa shape index (κ2) is 6.94. The minimum atomic E-state index is -1.41. The Morgan fingerprint density at radius 2 is 1.92 bits per heavy atom. The van der Waals surface area contributed by atoms with E-state index in [1.807, 2.05) is 6.92 Å². The molecule has 1 aliphatic heterocycles. The van der Waals surface area contributed by atoms with Crippen LogP contribution in [0.3, 0.4) is 0 Å². The first-order valence-corrected chi connectivity index (χ1v) is 7.96. The molecule has 0 bridgehead atoms. The smallest absolute Gasteiger partial charge is 0.351 e. The number of nitrogens with one attached hydrogen (secondary N) is 1. The van der Waals surface area contributed by atoms with Gasteiger partial charge >= 0.3 is 5.69 Å². The van der Waals surface area contributed by atoms with Gasteiger partial charge in [0.15, 0.2) is 17.9 Å². The lowest BCUT2D eigenvalue weighted by Crippen LogP contribution is -2.36. The van der Waals surface area contributed by atoms with Gasteiger partial charge in [-0.2, -0.15) is 4.98 Å². The average molecular weight is 363 g/mol. The maximum Gasteiger partial charge on any atom is 0.351 e. The van der Waals surface area contributed by atoms with Gasteiger partial charge in [0.05, 0.1) is 12.3 Å². The van der Waals surface area contributed by atoms with Crippen molar-refractivity contribution in [1.29, 1.82) is 0 Å². The van der Waals surface area contributed by atoms with Crippen molar-refractivity contribution in [1.82, 2.24) is 9.55 Å². The number of carbonyl (C=O) groups is 1. The minimum Gasteiger partial charge on any atom is -0.388 e. The molecule has 0 spiro atoms. The highest BCUT2D eigenvalue weighted by atomic mass is 19.1. The summed E-state index contributed by atoms with van der Waals surface area (Å²) in [7, 11) is 0. The van der Waals surface area contributed by atoms with Gasteiger partial charge in [0.2, 0.25) is 0 Å². The molecule has 138 valence electrons. The first kappa shape index (κ1) is 18.2. The minimum absolute atomic E-state index is 0.285. The number of anilines is 1. The number of benzene rings is 1. The summed E-state index contributed by atoms with van der Waals surface area (Å²) >= 11 is 0. The molecular weight excluding hydrogens is 345 g/mol. The number of aryl methyl sites for hydroxylation is 1. The van der Waals surface area contributed by atoms with Crippen LogP contribution in [0.15, 0.2) is 35.3 Å². The summed E-state index contributed by atoms with van der Waals surface area (Å²) in [4.78, 5) is 27.8. The molecule has 3 N–H and O–H groups in total. The van der Waals surface area contributed by atoms with E-state index < -0.39 is 47.8 Å². The summed E-state index contributed by atoms with van der Waals surface area (Å²) in [6.45, 7) is 3.37. The summed E-state index contributed by atoms with van der Waals surface area (Å²) in [5.74, 6) is -2.12. The number of aliphatic hydroxyl groups excluding tert-OH is 2. The van der Waals surface area contributed by atoms with Crippen LogP contribution in [-0.2, 0) is 4.74 Å². The number of halogens is 1. The highest BCUT2D eigenvalue weighted by molar-refractivity contribution is 6.03. The first-order valence-electron chi connectivity index (χ1n) is 7.96. The van der Waals surface area contributed by atoms with Crippen LogP contribution in [0.5, 0.6) is 0 Å². The molecule has 3 rings (SSSR count). The van der Waals surface area contributed by atoms with E-state index in [1.165, 1.54) is 6.92 Å². The molecular formula is C17H18FN3O5. The SMILES string of the molecule is Cc1ccc(C(=O)Nc2nc(=O)n([C@@H]3O[C@H](C)[C@@H](O)[C@H]3O)cc2F)cc1. The van der Waals surface area contributed by atoms with Gasteiger partial charge in [0.25, 0.3) is 5.91 Å². The fourth-order valence-corrected chi connectivity index (χ4v) is 2.66. The molecule has 1 amide bonds. The van der Waals surface area contributed by atoms with Gasteiger partial charge in [0, 0.05) is 5.56 Å². The van der Waals surface area contributed by atoms with E-state index in [0.717, 1.165) is 16.3 Å². The number of rotatable bonds is 3. The molecule has 4 atom stereocenters. The number of ether oxygens (including phenoxy) is 1. The van der Waals surface area contributed by atoms with E-state index in [-0.39, 0.29) is 5.56 Å². The molecule has 1 saturated heterocycles. The van der Waals surface area contributed by atoms with Crippen LogP contribution in [0.4, 0.5) is 10.2 Å². The van der Waals surface area contributed by atoms with Gasteiger partial charge in [-0.1, -0.05) is 17.7 Å². The van der Waals surface area contributed by atoms with Crippen molar-refractivity contribution in [2.45, 2.75) is 38.4 Å². The quantitative estimate of drug-likeness (QED) is 0.735. The number of aromatic nitrogens is 2. The number of carbonyl (C=O) groups excluding carboxylic acids is 1. The zero-order chi connectivity index (χ0) is 19.0. The molecule has 1 aromatic heterocycles. The van der Waals surface area contributed by atoms with E-state index in [4.69, 9.17) is 4.74 Å². The maximum atomic E-state index is 14.3. The van der Waals surface area contributed by atoms with E-state index in [0.29, 0.717) is 0 Å². The van der Waals surface area contributed by atoms with E-state index in [2.05, 4.69) is 10.3 Å². The molecule has 1 aromatic carbocycles. The third-order valence-electron chi connectivity index (χ3n) is 4.20. The Bertz CT molecular complexity index is 883. The molecule has 2 aromatic rings. The van der Waals surface area contributed by atoms with E-state index in [9.17, 15) is 24.2 Å². The van der Waals surface area contributed by atoms with Crippen molar-refractivity contribution >= 4 is 11.7 Å². The fourth-order valence-electron chi connectivity index (χ4n) is 2.66. The van der Waals surface area contributed by atoms with Gasteiger partial charge in [-0.05, 0) is 26.0 Å². The maximum absolute atomic E-state index is 14.3. The molecule has 2 heterocycles. The van der Waals surface area contributed by atoms with Gasteiger partial charge in [0.1, 0.15) is 12.2 Å². The molecule has 9 heteroatoms. The van der Waals surface area contributed by atoms with Crippen molar-refractivity contribution in [3.05, 3.63) is 57.9 Å². The van der Waals surface area contributed by atoms with Crippen molar-refractivity contribution in [3.8, 4) is 0 Å². The highest BCUT2D eigenvalue weighted by Crippen LogP contribution is 2.28. The van der Waals surface area contributed by atoms with Gasteiger partial charge < -0.3 is 20.3 Å². The normalized spacial score (nSPS) is 25.3. The fraction of sp³-hybridized carbons (Fsp3) is 0.353. The molecule has 1 fully saturated rings. The largest absolute Gasteiger partial charge is 0.388 e. The lowest BCUT2D eigenvalue weighted by atomic mass is 10.1. The highest BCUT2D eigenvalue weighted by Gasteiger charge is 2.42. The van der Waals surface area contributed by atoms with E-state index >= 15 is 0 Å². The van der Waals surface area contributed by atoms with Crippen LogP contribution in [0, 0.1) is 12.7 Å². The van der Waals surface area contributed by atoms with Crippen molar-refractivity contribution in [2.75, 3.05) is 5.32 Å². The van der Waals surface area contributed by atoms with Crippen molar-refractivity contribution in [3.63, 3.8) is 0 Å². The monoisotopic (exact) mass is 363 g/mol. The summed E-state index contributed by atoms with van der Waals surface area (Å²) in [5.41, 5.74) is 0.309. The van der Waals surface area contributed by atoms with Crippen LogP contribution in [-0.4, -0.2) is 44.0 Å². The molecule has 0 saturated carbocycles. The van der Waals surface area contributed by atoms with Crippen LogP contribution in [0.25, 0.3) is 0 Å². The standard InChI is InChI=1S/C17H18FN3O5/c1-8-3-5-10(6-4-8)15(24)19-14-11(18)7-21(17(25)20-14)16-13(23)12(22)9(2)26-16/h3-7,9,12-13,16,22-23H,1-2H3,(H,19,20,24,25)/t9-,12-,13-,16-/m1/s1. The Morgan fingerprint density at radius 3 is 2.50 bits per heavy atom.